The van der Waals surface area contributed by atoms with E-state index >= 15 is 0 Å². The summed E-state index contributed by atoms with van der Waals surface area (Å²) in [5.41, 5.74) is 1.66. The van der Waals surface area contributed by atoms with Crippen LogP contribution in [0.3, 0.4) is 0 Å². The van der Waals surface area contributed by atoms with Gasteiger partial charge in [-0.2, -0.15) is 0 Å². The molecule has 2 aromatic rings. The van der Waals surface area contributed by atoms with Crippen LogP contribution in [0.2, 0.25) is 5.02 Å². The molecule has 10 nitrogen and oxygen atoms in total. The minimum Gasteiger partial charge on any atom is -0.375 e. The third-order valence-corrected chi connectivity index (χ3v) is 8.09. The maximum atomic E-state index is 13.2. The summed E-state index contributed by atoms with van der Waals surface area (Å²) in [6.45, 7) is 2.30. The second-order valence-corrected chi connectivity index (χ2v) is 11.2. The number of piperidine rings is 1. The highest BCUT2D eigenvalue weighted by atomic mass is 35.5. The molecule has 37 heavy (non-hydrogen) atoms. The molecule has 1 saturated heterocycles. The highest BCUT2D eigenvalue weighted by Crippen LogP contribution is 2.25. The number of rotatable bonds is 8. The van der Waals surface area contributed by atoms with Crippen molar-refractivity contribution in [2.75, 3.05) is 45.7 Å². The average molecular weight is 567 g/mol. The normalized spacial score (nSPS) is 20.6. The summed E-state index contributed by atoms with van der Waals surface area (Å²) in [5.74, 6) is -0.822. The number of likely N-dealkylation sites (N-methyl/N-ethyl adjacent to an activating group) is 1. The highest BCUT2D eigenvalue weighted by molar-refractivity contribution is 7.82. The Bertz CT molecular complexity index is 1130. The molecule has 13 heteroatoms. The Labute approximate surface area is 230 Å². The van der Waals surface area contributed by atoms with Gasteiger partial charge in [0, 0.05) is 55.3 Å². The second-order valence-electron chi connectivity index (χ2n) is 9.19. The molecule has 0 saturated carbocycles. The Hall–Kier alpha value is -2.38. The smallest absolute Gasteiger partial charge is 0.280 e. The van der Waals surface area contributed by atoms with Crippen LogP contribution in [-0.4, -0.2) is 90.4 Å². The van der Waals surface area contributed by atoms with Crippen molar-refractivity contribution < 1.29 is 19.1 Å². The lowest BCUT2D eigenvalue weighted by Gasteiger charge is -2.39. The zero-order valence-corrected chi connectivity index (χ0v) is 23.2. The van der Waals surface area contributed by atoms with Crippen molar-refractivity contribution in [1.29, 1.82) is 0 Å². The largest absolute Gasteiger partial charge is 0.375 e. The number of carbonyl (C=O) groups excluding carboxylic acids is 3. The molecule has 3 atom stereocenters. The van der Waals surface area contributed by atoms with Crippen molar-refractivity contribution >= 4 is 59.0 Å². The Morgan fingerprint density at radius 1 is 1.22 bits per heavy atom. The number of amides is 3. The minimum absolute atomic E-state index is 0.0475. The number of hydrogen-bond acceptors (Lipinski definition) is 9. The number of benzene rings is 1. The van der Waals surface area contributed by atoms with Gasteiger partial charge in [0.15, 0.2) is 5.01 Å². The third-order valence-electron chi connectivity index (χ3n) is 6.39. The monoisotopic (exact) mass is 566 g/mol. The molecular weight excluding hydrogens is 536 g/mol. The van der Waals surface area contributed by atoms with E-state index in [0.29, 0.717) is 28.7 Å². The van der Waals surface area contributed by atoms with Gasteiger partial charge in [-0.15, -0.1) is 24.0 Å². The van der Waals surface area contributed by atoms with Crippen LogP contribution in [0.4, 0.5) is 5.69 Å². The quantitative estimate of drug-likeness (QED) is 0.283. The average Bonchev–Trinajstić information content (AvgIpc) is 3.30. The lowest BCUT2D eigenvalue weighted by Crippen LogP contribution is -2.62. The maximum Gasteiger partial charge on any atom is 0.280 e. The number of methoxy groups -OCH3 is 1. The molecule has 4 rings (SSSR count). The van der Waals surface area contributed by atoms with Crippen molar-refractivity contribution in [3.8, 4) is 0 Å². The molecule has 2 aliphatic rings. The Morgan fingerprint density at radius 2 is 1.97 bits per heavy atom. The summed E-state index contributed by atoms with van der Waals surface area (Å²) in [6.07, 6.45) is 1.27. The van der Waals surface area contributed by atoms with Gasteiger partial charge in [-0.3, -0.25) is 14.4 Å². The summed E-state index contributed by atoms with van der Waals surface area (Å²) in [6, 6.07) is 6.04. The number of nitrogens with zero attached hydrogens (tertiary/aromatic N) is 3. The van der Waals surface area contributed by atoms with Crippen LogP contribution < -0.4 is 16.0 Å². The van der Waals surface area contributed by atoms with E-state index in [2.05, 4.69) is 38.5 Å². The first-order valence-electron chi connectivity index (χ1n) is 12.0. The lowest BCUT2D eigenvalue weighted by atomic mass is 9.98. The predicted molar refractivity (Wildman–Crippen MR) is 146 cm³/mol. The Morgan fingerprint density at radius 3 is 2.70 bits per heavy atom. The van der Waals surface area contributed by atoms with E-state index in [1.165, 1.54) is 18.4 Å². The molecule has 1 unspecified atom stereocenters. The first-order valence-corrected chi connectivity index (χ1v) is 13.7. The van der Waals surface area contributed by atoms with Gasteiger partial charge in [-0.05, 0) is 37.7 Å². The molecule has 1 aromatic heterocycles. The summed E-state index contributed by atoms with van der Waals surface area (Å²) in [7, 11) is 3.51. The molecular formula is C24H31ClN6O4S2. The predicted octanol–water partition coefficient (Wildman–Crippen LogP) is 1.61. The van der Waals surface area contributed by atoms with Crippen molar-refractivity contribution in [1.82, 2.24) is 25.4 Å². The second kappa shape index (κ2) is 12.4. The van der Waals surface area contributed by atoms with E-state index in [-0.39, 0.29) is 30.9 Å². The molecule has 1 aromatic carbocycles. The van der Waals surface area contributed by atoms with E-state index in [9.17, 15) is 14.4 Å². The summed E-state index contributed by atoms with van der Waals surface area (Å²) >= 11 is 11.7. The number of thiol groups is 1. The zero-order valence-electron chi connectivity index (χ0n) is 20.7. The van der Waals surface area contributed by atoms with Crippen LogP contribution in [0.15, 0.2) is 24.3 Å². The molecule has 200 valence electrons. The molecule has 2 aliphatic heterocycles. The third kappa shape index (κ3) is 7.14. The first kappa shape index (κ1) is 27.6. The number of hydrogen-bond donors (Lipinski definition) is 4. The van der Waals surface area contributed by atoms with Gasteiger partial charge in [0.2, 0.25) is 5.91 Å². The number of fused-ring (bicyclic) bond motifs is 1. The van der Waals surface area contributed by atoms with Gasteiger partial charge >= 0.3 is 0 Å². The van der Waals surface area contributed by atoms with E-state index in [1.54, 1.807) is 29.2 Å². The van der Waals surface area contributed by atoms with Crippen molar-refractivity contribution in [3.05, 3.63) is 44.9 Å². The number of aromatic nitrogens is 1. The minimum atomic E-state index is -0.826. The summed E-state index contributed by atoms with van der Waals surface area (Å²) in [5, 5.41) is 9.19. The number of anilines is 1. The van der Waals surface area contributed by atoms with E-state index in [1.807, 2.05) is 7.05 Å². The highest BCUT2D eigenvalue weighted by Gasteiger charge is 2.35. The van der Waals surface area contributed by atoms with E-state index < -0.39 is 17.5 Å². The molecule has 3 amide bonds. The molecule has 0 aliphatic carbocycles. The van der Waals surface area contributed by atoms with Crippen LogP contribution in [0.25, 0.3) is 0 Å². The zero-order chi connectivity index (χ0) is 26.5. The standard InChI is InChI=1S/C24H31ClN6O4S2/c1-30-9-7-17-19(12-30)37-24(29-17)22(34)28-18-11-31(20(32)13-35-2)10-8-16(18)27-21(33)23(36)26-15-5-3-14(25)4-6-15/h3-6,16,18,23,26,36H,7-13H2,1-2H3,(H,27,33)(H,28,34)/t16-,18+,23?/m0/s1. The van der Waals surface area contributed by atoms with Crippen molar-refractivity contribution in [3.63, 3.8) is 0 Å². The molecule has 3 heterocycles. The van der Waals surface area contributed by atoms with Crippen molar-refractivity contribution in [2.45, 2.75) is 36.8 Å². The molecule has 0 spiro atoms. The van der Waals surface area contributed by atoms with Crippen LogP contribution in [0.1, 0.15) is 26.8 Å². The number of halogens is 1. The number of thiazole rings is 1. The number of nitrogens with one attached hydrogen (secondary N) is 3. The van der Waals surface area contributed by atoms with Gasteiger partial charge in [-0.1, -0.05) is 11.6 Å². The lowest BCUT2D eigenvalue weighted by molar-refractivity contribution is -0.136. The van der Waals surface area contributed by atoms with Crippen LogP contribution in [0, 0.1) is 0 Å². The summed E-state index contributed by atoms with van der Waals surface area (Å²) < 4.78 is 5.00. The summed E-state index contributed by atoms with van der Waals surface area (Å²) in [4.78, 5) is 48.1. The van der Waals surface area contributed by atoms with E-state index in [0.717, 1.165) is 30.1 Å². The van der Waals surface area contributed by atoms with Crippen LogP contribution in [-0.2, 0) is 27.3 Å². The van der Waals surface area contributed by atoms with Crippen LogP contribution >= 0.6 is 35.6 Å². The van der Waals surface area contributed by atoms with Gasteiger partial charge in [0.1, 0.15) is 12.0 Å². The maximum absolute atomic E-state index is 13.2. The molecule has 3 N–H and O–H groups in total. The van der Waals surface area contributed by atoms with Gasteiger partial charge in [0.25, 0.3) is 11.8 Å². The first-order chi connectivity index (χ1) is 17.7. The topological polar surface area (TPSA) is 116 Å². The fourth-order valence-corrected chi connectivity index (χ4v) is 5.83. The Balaban J connectivity index is 1.44. The fraction of sp³-hybridized carbons (Fsp3) is 0.500. The van der Waals surface area contributed by atoms with E-state index in [4.69, 9.17) is 16.3 Å². The number of ether oxygens (including phenoxy) is 1. The molecule has 0 radical (unpaired) electrons. The fourth-order valence-electron chi connectivity index (χ4n) is 4.39. The molecule has 0 bridgehead atoms. The van der Waals surface area contributed by atoms with Gasteiger partial charge in [0.05, 0.1) is 17.8 Å². The van der Waals surface area contributed by atoms with Gasteiger partial charge < -0.3 is 30.5 Å². The molecule has 1 fully saturated rings. The van der Waals surface area contributed by atoms with Crippen molar-refractivity contribution in [2.24, 2.45) is 0 Å². The Kier molecular flexibility index (Phi) is 9.30. The number of likely N-dealkylation sites (tertiary alicyclic amines) is 1. The van der Waals surface area contributed by atoms with Crippen LogP contribution in [0.5, 0.6) is 0 Å². The SMILES string of the molecule is COCC(=O)N1CC[C@H](NC(=O)C(S)Nc2ccc(Cl)cc2)[C@H](NC(=O)c2nc3c(s2)CN(C)CC3)C1. The number of carbonyl (C=O) groups is 3. The van der Waals surface area contributed by atoms with Gasteiger partial charge in [-0.25, -0.2) is 4.98 Å².